The third kappa shape index (κ3) is 2.26. The average Bonchev–Trinajstić information content (AvgIpc) is 2.25. The molecule has 3 nitrogen and oxygen atoms in total. The molecule has 0 bridgehead atoms. The third-order valence-corrected chi connectivity index (χ3v) is 1.95. The minimum absolute atomic E-state index is 0.0571. The van der Waals surface area contributed by atoms with Gasteiger partial charge in [0.25, 0.3) is 0 Å². The maximum absolute atomic E-state index is 12.7. The Morgan fingerprint density at radius 1 is 1.12 bits per heavy atom. The number of benzene rings is 1. The van der Waals surface area contributed by atoms with Crippen LogP contribution < -0.4 is 9.47 Å². The summed E-state index contributed by atoms with van der Waals surface area (Å²) in [5, 5.41) is 0. The summed E-state index contributed by atoms with van der Waals surface area (Å²) in [6, 6.07) is 2.02. The molecule has 0 saturated heterocycles. The van der Waals surface area contributed by atoms with Crippen LogP contribution in [0.3, 0.4) is 0 Å². The number of alkyl halides is 3. The van der Waals surface area contributed by atoms with Crippen molar-refractivity contribution in [2.24, 2.45) is 0 Å². The lowest BCUT2D eigenvalue weighted by molar-refractivity contribution is -0.139. The van der Waals surface area contributed by atoms with Crippen molar-refractivity contribution >= 4 is 6.29 Å². The lowest BCUT2D eigenvalue weighted by Gasteiger charge is -2.16. The van der Waals surface area contributed by atoms with Crippen LogP contribution in [-0.4, -0.2) is 20.5 Å². The van der Waals surface area contributed by atoms with E-state index in [-0.39, 0.29) is 5.56 Å². The van der Waals surface area contributed by atoms with Gasteiger partial charge in [0, 0.05) is 5.56 Å². The van der Waals surface area contributed by atoms with Crippen LogP contribution >= 0.6 is 0 Å². The summed E-state index contributed by atoms with van der Waals surface area (Å²) in [5.41, 5.74) is -0.968. The van der Waals surface area contributed by atoms with Crippen molar-refractivity contribution in [1.29, 1.82) is 0 Å². The molecule has 6 heteroatoms. The molecular weight excluding hydrogens is 225 g/mol. The highest BCUT2D eigenvalue weighted by molar-refractivity contribution is 5.77. The van der Waals surface area contributed by atoms with Crippen LogP contribution in [0.4, 0.5) is 13.2 Å². The van der Waals surface area contributed by atoms with E-state index in [1.807, 2.05) is 0 Å². The lowest BCUT2D eigenvalue weighted by Crippen LogP contribution is -2.10. The molecule has 0 aliphatic carbocycles. The first kappa shape index (κ1) is 12.4. The fourth-order valence-corrected chi connectivity index (χ4v) is 1.28. The Balaban J connectivity index is 3.49. The molecule has 0 spiro atoms. The largest absolute Gasteiger partial charge is 0.496 e. The first-order chi connectivity index (χ1) is 7.43. The second-order valence-corrected chi connectivity index (χ2v) is 2.92. The van der Waals surface area contributed by atoms with E-state index in [4.69, 9.17) is 0 Å². The van der Waals surface area contributed by atoms with Crippen LogP contribution in [0.1, 0.15) is 15.9 Å². The van der Waals surface area contributed by atoms with Crippen molar-refractivity contribution in [2.45, 2.75) is 6.18 Å². The minimum Gasteiger partial charge on any atom is -0.496 e. The van der Waals surface area contributed by atoms with Gasteiger partial charge in [-0.2, -0.15) is 13.2 Å². The first-order valence-electron chi connectivity index (χ1n) is 4.22. The van der Waals surface area contributed by atoms with Crippen molar-refractivity contribution in [1.82, 2.24) is 0 Å². The second kappa shape index (κ2) is 4.42. The highest BCUT2D eigenvalue weighted by atomic mass is 19.4. The van der Waals surface area contributed by atoms with Crippen molar-refractivity contribution in [2.75, 3.05) is 14.2 Å². The summed E-state index contributed by atoms with van der Waals surface area (Å²) in [7, 11) is 2.19. The molecule has 0 aliphatic rings. The predicted octanol–water partition coefficient (Wildman–Crippen LogP) is 2.54. The number of carbonyl (C=O) groups excluding carboxylic acids is 1. The van der Waals surface area contributed by atoms with Gasteiger partial charge in [0.15, 0.2) is 0 Å². The molecule has 0 saturated carbocycles. The standard InChI is InChI=1S/C10H9F3O3/c1-15-7-3-6(5-14)4-8(16-2)9(7)10(11,12)13/h3-5H,1-2H3. The molecule has 0 amide bonds. The lowest BCUT2D eigenvalue weighted by atomic mass is 10.1. The fraction of sp³-hybridized carbons (Fsp3) is 0.300. The number of carbonyl (C=O) groups is 1. The number of rotatable bonds is 3. The van der Waals surface area contributed by atoms with Gasteiger partial charge in [0.05, 0.1) is 14.2 Å². The van der Waals surface area contributed by atoms with E-state index in [1.165, 1.54) is 0 Å². The Bertz CT molecular complexity index is 374. The third-order valence-electron chi connectivity index (χ3n) is 1.95. The molecule has 0 heterocycles. The zero-order valence-corrected chi connectivity index (χ0v) is 8.59. The van der Waals surface area contributed by atoms with E-state index < -0.39 is 23.2 Å². The molecule has 16 heavy (non-hydrogen) atoms. The number of methoxy groups -OCH3 is 2. The van der Waals surface area contributed by atoms with E-state index in [0.717, 1.165) is 26.4 Å². The van der Waals surface area contributed by atoms with E-state index >= 15 is 0 Å². The summed E-state index contributed by atoms with van der Waals surface area (Å²) in [4.78, 5) is 10.5. The van der Waals surface area contributed by atoms with Crippen molar-refractivity contribution in [3.8, 4) is 11.5 Å². The number of hydrogen-bond acceptors (Lipinski definition) is 3. The van der Waals surface area contributed by atoms with Crippen LogP contribution in [0.2, 0.25) is 0 Å². The van der Waals surface area contributed by atoms with E-state index in [1.54, 1.807) is 0 Å². The molecule has 88 valence electrons. The molecule has 0 N–H and O–H groups in total. The Hall–Kier alpha value is -1.72. The summed E-state index contributed by atoms with van der Waals surface area (Å²) in [6.07, 6.45) is -4.18. The topological polar surface area (TPSA) is 35.5 Å². The zero-order valence-electron chi connectivity index (χ0n) is 8.59. The molecular formula is C10H9F3O3. The zero-order chi connectivity index (χ0) is 12.3. The summed E-state index contributed by atoms with van der Waals surface area (Å²) in [6.45, 7) is 0. The quantitative estimate of drug-likeness (QED) is 0.754. The maximum Gasteiger partial charge on any atom is 0.423 e. The molecule has 0 fully saturated rings. The second-order valence-electron chi connectivity index (χ2n) is 2.92. The summed E-state index contributed by atoms with van der Waals surface area (Å²) < 4.78 is 47.2. The molecule has 0 aromatic heterocycles. The monoisotopic (exact) mass is 234 g/mol. The highest BCUT2D eigenvalue weighted by Crippen LogP contribution is 2.42. The van der Waals surface area contributed by atoms with Crippen LogP contribution in [0.5, 0.6) is 11.5 Å². The number of hydrogen-bond donors (Lipinski definition) is 0. The molecule has 1 aromatic rings. The van der Waals surface area contributed by atoms with Crippen molar-refractivity contribution < 1.29 is 27.4 Å². The van der Waals surface area contributed by atoms with Crippen LogP contribution in [0.15, 0.2) is 12.1 Å². The van der Waals surface area contributed by atoms with E-state index in [0.29, 0.717) is 6.29 Å². The van der Waals surface area contributed by atoms with Gasteiger partial charge in [0.1, 0.15) is 23.3 Å². The summed E-state index contributed by atoms with van der Waals surface area (Å²) in [5.74, 6) is -0.872. The van der Waals surface area contributed by atoms with E-state index in [9.17, 15) is 18.0 Å². The van der Waals surface area contributed by atoms with Crippen molar-refractivity contribution in [3.63, 3.8) is 0 Å². The minimum atomic E-state index is -4.60. The van der Waals surface area contributed by atoms with Gasteiger partial charge in [-0.15, -0.1) is 0 Å². The smallest absolute Gasteiger partial charge is 0.423 e. The first-order valence-corrected chi connectivity index (χ1v) is 4.22. The Labute approximate surface area is 89.8 Å². The Morgan fingerprint density at radius 2 is 1.56 bits per heavy atom. The van der Waals surface area contributed by atoms with Crippen LogP contribution in [0.25, 0.3) is 0 Å². The Kier molecular flexibility index (Phi) is 3.41. The molecule has 0 unspecified atom stereocenters. The van der Waals surface area contributed by atoms with Gasteiger partial charge in [-0.1, -0.05) is 0 Å². The highest BCUT2D eigenvalue weighted by Gasteiger charge is 2.38. The average molecular weight is 234 g/mol. The van der Waals surface area contributed by atoms with Gasteiger partial charge < -0.3 is 9.47 Å². The Morgan fingerprint density at radius 3 is 1.81 bits per heavy atom. The SMILES string of the molecule is COc1cc(C=O)cc(OC)c1C(F)(F)F. The van der Waals surface area contributed by atoms with Gasteiger partial charge in [-0.3, -0.25) is 4.79 Å². The normalized spacial score (nSPS) is 11.1. The molecule has 0 radical (unpaired) electrons. The van der Waals surface area contributed by atoms with Gasteiger partial charge >= 0.3 is 6.18 Å². The van der Waals surface area contributed by atoms with Gasteiger partial charge in [-0.05, 0) is 12.1 Å². The number of halogens is 3. The molecule has 1 aromatic carbocycles. The van der Waals surface area contributed by atoms with Crippen LogP contribution in [0, 0.1) is 0 Å². The van der Waals surface area contributed by atoms with Crippen LogP contribution in [-0.2, 0) is 6.18 Å². The fourth-order valence-electron chi connectivity index (χ4n) is 1.28. The van der Waals surface area contributed by atoms with Gasteiger partial charge in [-0.25, -0.2) is 0 Å². The van der Waals surface area contributed by atoms with Gasteiger partial charge in [0.2, 0.25) is 0 Å². The molecule has 0 atom stereocenters. The van der Waals surface area contributed by atoms with Crippen molar-refractivity contribution in [3.05, 3.63) is 23.3 Å². The maximum atomic E-state index is 12.7. The van der Waals surface area contributed by atoms with E-state index in [2.05, 4.69) is 9.47 Å². The number of ether oxygens (including phenoxy) is 2. The number of aldehydes is 1. The molecule has 0 aliphatic heterocycles. The molecule has 1 rings (SSSR count). The summed E-state index contributed by atoms with van der Waals surface area (Å²) >= 11 is 0. The predicted molar refractivity (Wildman–Crippen MR) is 49.9 cm³/mol.